The first-order valence-corrected chi connectivity index (χ1v) is 8.51. The van der Waals surface area contributed by atoms with E-state index in [1.54, 1.807) is 11.3 Å². The van der Waals surface area contributed by atoms with Crippen LogP contribution in [-0.4, -0.2) is 0 Å². The van der Waals surface area contributed by atoms with Gasteiger partial charge in [0.25, 0.3) is 0 Å². The lowest BCUT2D eigenvalue weighted by atomic mass is 9.76. The Bertz CT molecular complexity index is 529. The molecule has 3 heteroatoms. The average molecular weight is 287 g/mol. The third-order valence-electron chi connectivity index (χ3n) is 4.50. The van der Waals surface area contributed by atoms with Gasteiger partial charge < -0.3 is 0 Å². The molecule has 1 fully saturated rings. The van der Waals surface area contributed by atoms with Crippen molar-refractivity contribution in [2.75, 3.05) is 5.73 Å². The van der Waals surface area contributed by atoms with Gasteiger partial charge in [0.05, 0.1) is 0 Å². The summed E-state index contributed by atoms with van der Waals surface area (Å²) in [5, 5.41) is 3.05. The summed E-state index contributed by atoms with van der Waals surface area (Å²) in [5.41, 5.74) is 8.67. The second-order valence-electron chi connectivity index (χ2n) is 5.87. The Labute approximate surface area is 125 Å². The fourth-order valence-electron chi connectivity index (χ4n) is 3.44. The number of nitrogens with one attached hydrogen (secondary N) is 1. The van der Waals surface area contributed by atoms with E-state index in [1.165, 1.54) is 43.4 Å². The van der Waals surface area contributed by atoms with E-state index in [-0.39, 0.29) is 0 Å². The fraction of sp³-hybridized carbons (Fsp3) is 0.471. The Kier molecular flexibility index (Phi) is 4.36. The number of benzene rings is 1. The van der Waals surface area contributed by atoms with Crippen LogP contribution < -0.4 is 10.7 Å². The van der Waals surface area contributed by atoms with Crippen LogP contribution in [0.4, 0.5) is 5.13 Å². The molecule has 1 aromatic heterocycles. The van der Waals surface area contributed by atoms with Crippen LogP contribution in [-0.2, 0) is 6.42 Å². The molecule has 0 bridgehead atoms. The maximum atomic E-state index is 5.90. The van der Waals surface area contributed by atoms with Crippen molar-refractivity contribution in [3.05, 3.63) is 47.0 Å². The molecule has 0 radical (unpaired) electrons. The molecule has 1 atom stereocenters. The number of rotatable bonds is 4. The highest BCUT2D eigenvalue weighted by atomic mass is 32.1. The summed E-state index contributed by atoms with van der Waals surface area (Å²) in [6.45, 7) is 0. The minimum atomic E-state index is 0.589. The van der Waals surface area contributed by atoms with Crippen LogP contribution in [0.25, 0.3) is 0 Å². The summed E-state index contributed by atoms with van der Waals surface area (Å²) in [6, 6.07) is 10.9. The van der Waals surface area contributed by atoms with Crippen molar-refractivity contribution in [2.45, 2.75) is 44.4 Å². The zero-order chi connectivity index (χ0) is 13.8. The Morgan fingerprint density at radius 3 is 2.55 bits per heavy atom. The number of aromatic nitrogens is 1. The summed E-state index contributed by atoms with van der Waals surface area (Å²) >= 11 is 1.63. The topological polar surface area (TPSA) is 40.2 Å². The van der Waals surface area contributed by atoms with E-state index < -0.39 is 0 Å². The van der Waals surface area contributed by atoms with Gasteiger partial charge in [-0.25, -0.2) is 4.98 Å². The molecule has 0 saturated heterocycles. The van der Waals surface area contributed by atoms with Crippen molar-refractivity contribution in [1.82, 2.24) is 0 Å². The second-order valence-corrected chi connectivity index (χ2v) is 6.79. The van der Waals surface area contributed by atoms with E-state index >= 15 is 0 Å². The number of H-pyrrole nitrogens is 1. The van der Waals surface area contributed by atoms with Gasteiger partial charge in [0, 0.05) is 11.3 Å². The fourth-order valence-corrected chi connectivity index (χ4v) is 4.11. The molecule has 3 N–H and O–H groups in total. The van der Waals surface area contributed by atoms with Crippen molar-refractivity contribution in [2.24, 2.45) is 5.92 Å². The van der Waals surface area contributed by atoms with E-state index in [0.29, 0.717) is 5.92 Å². The lowest BCUT2D eigenvalue weighted by Crippen LogP contribution is -2.24. The number of aromatic amines is 1. The normalized spacial score (nSPS) is 18.0. The largest absolute Gasteiger partial charge is 0.329 e. The van der Waals surface area contributed by atoms with Crippen molar-refractivity contribution < 1.29 is 4.98 Å². The highest BCUT2D eigenvalue weighted by Crippen LogP contribution is 2.37. The van der Waals surface area contributed by atoms with Crippen molar-refractivity contribution in [1.29, 1.82) is 0 Å². The molecule has 1 aromatic carbocycles. The second kappa shape index (κ2) is 6.40. The molecule has 106 valence electrons. The molecule has 1 saturated carbocycles. The van der Waals surface area contributed by atoms with Crippen LogP contribution in [0.5, 0.6) is 0 Å². The quantitative estimate of drug-likeness (QED) is 0.905. The van der Waals surface area contributed by atoms with Gasteiger partial charge in [-0.3, -0.25) is 5.73 Å². The standard InChI is InChI=1S/C17H22N2S/c18-17-19-16(12-20-17)15(14-9-5-2-6-10-14)11-13-7-3-1-4-8-13/h1,3-4,7-8,12,14-15H,2,5-6,9-11H2,(H2,18,19)/p+1. The molecule has 0 aliphatic heterocycles. The summed E-state index contributed by atoms with van der Waals surface area (Å²) in [6.07, 6.45) is 8.02. The molecule has 2 nitrogen and oxygen atoms in total. The zero-order valence-electron chi connectivity index (χ0n) is 11.8. The van der Waals surface area contributed by atoms with Gasteiger partial charge in [-0.1, -0.05) is 60.9 Å². The van der Waals surface area contributed by atoms with E-state index in [2.05, 4.69) is 40.7 Å². The third kappa shape index (κ3) is 3.21. The molecular weight excluding hydrogens is 264 g/mol. The number of hydrogen-bond donors (Lipinski definition) is 1. The first-order chi connectivity index (χ1) is 9.83. The minimum absolute atomic E-state index is 0.589. The first-order valence-electron chi connectivity index (χ1n) is 7.63. The van der Waals surface area contributed by atoms with E-state index in [4.69, 9.17) is 5.73 Å². The zero-order valence-corrected chi connectivity index (χ0v) is 12.7. The van der Waals surface area contributed by atoms with E-state index in [9.17, 15) is 0 Å². The number of nitrogens with two attached hydrogens (primary N) is 1. The van der Waals surface area contributed by atoms with Crippen LogP contribution >= 0.6 is 11.3 Å². The number of hydrogen-bond acceptors (Lipinski definition) is 2. The highest BCUT2D eigenvalue weighted by molar-refractivity contribution is 7.13. The smallest absolute Gasteiger partial charge is 0.278 e. The van der Waals surface area contributed by atoms with Gasteiger partial charge in [-0.15, -0.1) is 0 Å². The van der Waals surface area contributed by atoms with Crippen LogP contribution in [0, 0.1) is 5.92 Å². The van der Waals surface area contributed by atoms with Crippen LogP contribution in [0.3, 0.4) is 0 Å². The number of anilines is 1. The molecule has 0 amide bonds. The SMILES string of the molecule is Nc1[nH+]c(C(Cc2ccccc2)C2CCCCC2)cs1. The Morgan fingerprint density at radius 2 is 1.90 bits per heavy atom. The number of nitrogen functional groups attached to an aromatic ring is 1. The van der Waals surface area contributed by atoms with Gasteiger partial charge in [0.2, 0.25) is 0 Å². The van der Waals surface area contributed by atoms with Gasteiger partial charge in [-0.2, -0.15) is 0 Å². The lowest BCUT2D eigenvalue weighted by molar-refractivity contribution is -0.371. The van der Waals surface area contributed by atoms with E-state index in [0.717, 1.165) is 17.5 Å². The van der Waals surface area contributed by atoms with Crippen molar-refractivity contribution in [3.8, 4) is 0 Å². The molecule has 2 aromatic rings. The molecule has 1 heterocycles. The van der Waals surface area contributed by atoms with Gasteiger partial charge in [0.15, 0.2) is 0 Å². The Hall–Kier alpha value is -1.35. The summed E-state index contributed by atoms with van der Waals surface area (Å²) in [4.78, 5) is 3.39. The molecule has 0 spiro atoms. The Morgan fingerprint density at radius 1 is 1.15 bits per heavy atom. The van der Waals surface area contributed by atoms with Crippen LogP contribution in [0.1, 0.15) is 49.3 Å². The molecule has 1 unspecified atom stereocenters. The third-order valence-corrected chi connectivity index (χ3v) is 5.22. The minimum Gasteiger partial charge on any atom is -0.278 e. The maximum Gasteiger partial charge on any atom is 0.329 e. The van der Waals surface area contributed by atoms with Crippen molar-refractivity contribution >= 4 is 16.5 Å². The maximum absolute atomic E-state index is 5.90. The predicted molar refractivity (Wildman–Crippen MR) is 84.7 cm³/mol. The summed E-state index contributed by atoms with van der Waals surface area (Å²) in [5.74, 6) is 1.39. The van der Waals surface area contributed by atoms with Crippen LogP contribution in [0.15, 0.2) is 35.7 Å². The highest BCUT2D eigenvalue weighted by Gasteiger charge is 2.28. The molecule has 20 heavy (non-hydrogen) atoms. The van der Waals surface area contributed by atoms with Gasteiger partial charge in [0.1, 0.15) is 5.69 Å². The van der Waals surface area contributed by atoms with Gasteiger partial charge in [-0.05, 0) is 30.7 Å². The van der Waals surface area contributed by atoms with Crippen molar-refractivity contribution in [3.63, 3.8) is 0 Å². The number of thiazole rings is 1. The van der Waals surface area contributed by atoms with Gasteiger partial charge >= 0.3 is 5.13 Å². The predicted octanol–water partition coefficient (Wildman–Crippen LogP) is 4.05. The Balaban J connectivity index is 1.82. The van der Waals surface area contributed by atoms with Crippen LogP contribution in [0.2, 0.25) is 0 Å². The molecule has 1 aliphatic rings. The monoisotopic (exact) mass is 287 g/mol. The van der Waals surface area contributed by atoms with E-state index in [1.807, 2.05) is 0 Å². The average Bonchev–Trinajstić information content (AvgIpc) is 2.93. The molecular formula is C17H23N2S+. The summed E-state index contributed by atoms with van der Waals surface area (Å²) < 4.78 is 0. The summed E-state index contributed by atoms with van der Waals surface area (Å²) in [7, 11) is 0. The lowest BCUT2D eigenvalue weighted by Gasteiger charge is -2.28. The molecule has 1 aliphatic carbocycles. The first kappa shape index (κ1) is 13.6. The molecule has 3 rings (SSSR count).